The molecule has 2 aromatic carbocycles. The van der Waals surface area contributed by atoms with Crippen LogP contribution in [0.15, 0.2) is 65.3 Å². The first kappa shape index (κ1) is 15.8. The highest BCUT2D eigenvalue weighted by Gasteiger charge is 2.08. The molecule has 3 rings (SSSR count). The van der Waals surface area contributed by atoms with E-state index in [-0.39, 0.29) is 0 Å². The number of benzene rings is 2. The van der Waals surface area contributed by atoms with Crippen LogP contribution in [-0.4, -0.2) is 15.7 Å². The van der Waals surface area contributed by atoms with Gasteiger partial charge in [-0.2, -0.15) is 5.26 Å². The van der Waals surface area contributed by atoms with Crippen molar-refractivity contribution < 1.29 is 0 Å². The first-order valence-corrected chi connectivity index (χ1v) is 7.90. The molecule has 0 aliphatic heterocycles. The summed E-state index contributed by atoms with van der Waals surface area (Å²) >= 11 is 3.38. The van der Waals surface area contributed by atoms with Crippen LogP contribution in [0.4, 0.5) is 11.6 Å². The lowest BCUT2D eigenvalue weighted by molar-refractivity contribution is 1.14. The van der Waals surface area contributed by atoms with Gasteiger partial charge in [0.25, 0.3) is 0 Å². The zero-order valence-corrected chi connectivity index (χ0v) is 14.1. The van der Waals surface area contributed by atoms with Gasteiger partial charge in [-0.3, -0.25) is 5.41 Å². The van der Waals surface area contributed by atoms with Crippen molar-refractivity contribution in [1.29, 1.82) is 10.7 Å². The number of halogens is 1. The molecule has 1 heterocycles. The third-order valence-corrected chi connectivity index (χ3v) is 3.84. The first-order valence-electron chi connectivity index (χ1n) is 7.11. The van der Waals surface area contributed by atoms with Crippen LogP contribution in [0.5, 0.6) is 0 Å². The van der Waals surface area contributed by atoms with Gasteiger partial charge in [0.15, 0.2) is 0 Å². The second kappa shape index (κ2) is 7.02. The predicted molar refractivity (Wildman–Crippen MR) is 96.5 cm³/mol. The maximum absolute atomic E-state index is 8.82. The number of nitriles is 1. The second-order valence-electron chi connectivity index (χ2n) is 4.96. The van der Waals surface area contributed by atoms with Gasteiger partial charge in [-0.05, 0) is 42.5 Å². The minimum Gasteiger partial charge on any atom is -0.324 e. The smallest absolute Gasteiger partial charge is 0.227 e. The van der Waals surface area contributed by atoms with E-state index >= 15 is 0 Å². The van der Waals surface area contributed by atoms with Crippen LogP contribution in [0.25, 0.3) is 0 Å². The molecule has 2 N–H and O–H groups in total. The zero-order valence-electron chi connectivity index (χ0n) is 12.5. The molecule has 3 aromatic rings. The number of anilines is 2. The van der Waals surface area contributed by atoms with Gasteiger partial charge in [0.1, 0.15) is 0 Å². The van der Waals surface area contributed by atoms with Crippen LogP contribution in [0, 0.1) is 16.7 Å². The molecule has 0 atom stereocenters. The van der Waals surface area contributed by atoms with E-state index in [1.165, 1.54) is 0 Å². The Balaban J connectivity index is 1.82. The molecule has 116 valence electrons. The fourth-order valence-corrected chi connectivity index (χ4v) is 2.34. The van der Waals surface area contributed by atoms with Gasteiger partial charge in [0, 0.05) is 21.9 Å². The molecular weight excluding hydrogens is 366 g/mol. The van der Waals surface area contributed by atoms with Gasteiger partial charge >= 0.3 is 0 Å². The Kier molecular flexibility index (Phi) is 4.64. The number of aromatic nitrogens is 2. The molecule has 0 saturated heterocycles. The molecule has 0 aliphatic rings. The molecule has 5 nitrogen and oxygen atoms in total. The number of nitrogens with one attached hydrogen (secondary N) is 2. The minimum atomic E-state index is 0.327. The van der Waals surface area contributed by atoms with Gasteiger partial charge in [0.2, 0.25) is 5.95 Å². The van der Waals surface area contributed by atoms with Crippen molar-refractivity contribution in [3.05, 3.63) is 82.1 Å². The topological polar surface area (TPSA) is 85.5 Å². The lowest BCUT2D eigenvalue weighted by atomic mass is 10.1. The number of rotatable bonds is 4. The predicted octanol–water partition coefficient (Wildman–Crippen LogP) is 4.27. The van der Waals surface area contributed by atoms with Gasteiger partial charge < -0.3 is 5.32 Å². The quantitative estimate of drug-likeness (QED) is 0.664. The summed E-state index contributed by atoms with van der Waals surface area (Å²) in [6.07, 6.45) is 1.61. The van der Waals surface area contributed by atoms with Crippen LogP contribution >= 0.6 is 15.9 Å². The fraction of sp³-hybridized carbons (Fsp3) is 0. The highest BCUT2D eigenvalue weighted by atomic mass is 79.9. The zero-order chi connectivity index (χ0) is 16.9. The lowest BCUT2D eigenvalue weighted by Crippen LogP contribution is -2.07. The molecule has 1 aromatic heterocycles. The van der Waals surface area contributed by atoms with E-state index < -0.39 is 0 Å². The van der Waals surface area contributed by atoms with E-state index in [2.05, 4.69) is 37.3 Å². The maximum atomic E-state index is 8.82. The molecule has 0 unspecified atom stereocenters. The lowest BCUT2D eigenvalue weighted by Gasteiger charge is -2.08. The highest BCUT2D eigenvalue weighted by Crippen LogP contribution is 2.16. The number of nitrogens with zero attached hydrogens (tertiary/aromatic N) is 3. The maximum Gasteiger partial charge on any atom is 0.227 e. The first-order chi connectivity index (χ1) is 11.7. The molecule has 24 heavy (non-hydrogen) atoms. The molecule has 6 heteroatoms. The van der Waals surface area contributed by atoms with Crippen molar-refractivity contribution >= 4 is 33.3 Å². The van der Waals surface area contributed by atoms with Crippen LogP contribution < -0.4 is 5.32 Å². The summed E-state index contributed by atoms with van der Waals surface area (Å²) in [5.74, 6) is 0.402. The average Bonchev–Trinajstić information content (AvgIpc) is 2.63. The summed E-state index contributed by atoms with van der Waals surface area (Å²) in [5.41, 5.74) is 3.01. The van der Waals surface area contributed by atoms with Crippen molar-refractivity contribution in [3.63, 3.8) is 0 Å². The Morgan fingerprint density at radius 1 is 1.04 bits per heavy atom. The Morgan fingerprint density at radius 2 is 1.75 bits per heavy atom. The molecule has 0 aliphatic carbocycles. The third-order valence-electron chi connectivity index (χ3n) is 3.31. The number of hydrogen-bond donors (Lipinski definition) is 2. The Labute approximate surface area is 147 Å². The van der Waals surface area contributed by atoms with E-state index in [1.807, 2.05) is 24.3 Å². The molecule has 0 radical (unpaired) electrons. The van der Waals surface area contributed by atoms with E-state index in [0.29, 0.717) is 22.9 Å². The highest BCUT2D eigenvalue weighted by molar-refractivity contribution is 9.10. The second-order valence-corrected chi connectivity index (χ2v) is 5.88. The van der Waals surface area contributed by atoms with E-state index in [9.17, 15) is 0 Å². The van der Waals surface area contributed by atoms with Crippen molar-refractivity contribution in [2.45, 2.75) is 0 Å². The normalized spacial score (nSPS) is 10.0. The van der Waals surface area contributed by atoms with Crippen molar-refractivity contribution in [2.75, 3.05) is 5.32 Å². The van der Waals surface area contributed by atoms with E-state index in [1.54, 1.807) is 36.5 Å². The SMILES string of the molecule is N#Cc1ccc(Nc2nccc(C(=N)c3ccc(Br)cc3)n2)cc1. The van der Waals surface area contributed by atoms with Gasteiger partial charge in [-0.1, -0.05) is 28.1 Å². The van der Waals surface area contributed by atoms with Crippen molar-refractivity contribution in [3.8, 4) is 6.07 Å². The number of hydrogen-bond acceptors (Lipinski definition) is 5. The molecule has 0 saturated carbocycles. The largest absolute Gasteiger partial charge is 0.324 e. The Morgan fingerprint density at radius 3 is 2.42 bits per heavy atom. The van der Waals surface area contributed by atoms with Crippen molar-refractivity contribution in [1.82, 2.24) is 9.97 Å². The Bertz CT molecular complexity index is 911. The monoisotopic (exact) mass is 377 g/mol. The van der Waals surface area contributed by atoms with Crippen LogP contribution in [0.2, 0.25) is 0 Å². The van der Waals surface area contributed by atoms with Gasteiger partial charge in [0.05, 0.1) is 23.0 Å². The summed E-state index contributed by atoms with van der Waals surface area (Å²) in [6, 6.07) is 18.3. The minimum absolute atomic E-state index is 0.327. The summed E-state index contributed by atoms with van der Waals surface area (Å²) in [5, 5.41) is 20.2. The summed E-state index contributed by atoms with van der Waals surface area (Å²) in [6.45, 7) is 0. The summed E-state index contributed by atoms with van der Waals surface area (Å²) in [4.78, 5) is 8.56. The van der Waals surface area contributed by atoms with Gasteiger partial charge in [-0.15, -0.1) is 0 Å². The van der Waals surface area contributed by atoms with E-state index in [0.717, 1.165) is 15.7 Å². The van der Waals surface area contributed by atoms with Crippen molar-refractivity contribution in [2.24, 2.45) is 0 Å². The molecular formula is C18H12BrN5. The van der Waals surface area contributed by atoms with Crippen LogP contribution in [0.3, 0.4) is 0 Å². The molecule has 0 bridgehead atoms. The van der Waals surface area contributed by atoms with E-state index in [4.69, 9.17) is 10.7 Å². The summed E-state index contributed by atoms with van der Waals surface area (Å²) in [7, 11) is 0. The molecule has 0 amide bonds. The fourth-order valence-electron chi connectivity index (χ4n) is 2.08. The third kappa shape index (κ3) is 3.65. The van der Waals surface area contributed by atoms with Crippen LogP contribution in [0.1, 0.15) is 16.8 Å². The van der Waals surface area contributed by atoms with Gasteiger partial charge in [-0.25, -0.2) is 9.97 Å². The standard InChI is InChI=1S/C18H12BrN5/c19-14-5-3-13(4-6-14)17(21)16-9-10-22-18(24-16)23-15-7-1-12(11-20)2-8-15/h1-10,21H,(H,22,23,24). The molecule has 0 spiro atoms. The van der Waals surface area contributed by atoms with Crippen LogP contribution in [-0.2, 0) is 0 Å². The summed E-state index contributed by atoms with van der Waals surface area (Å²) < 4.78 is 0.963. The molecule has 0 fully saturated rings. The Hall–Kier alpha value is -3.04. The average molecular weight is 378 g/mol.